The van der Waals surface area contributed by atoms with Crippen LogP contribution in [0.4, 0.5) is 8.78 Å². The molecule has 0 aliphatic carbocycles. The fraction of sp³-hybridized carbons (Fsp3) is 0.111. The van der Waals surface area contributed by atoms with Gasteiger partial charge >= 0.3 is 0 Å². The summed E-state index contributed by atoms with van der Waals surface area (Å²) in [5.41, 5.74) is 1.61. The lowest BCUT2D eigenvalue weighted by Crippen LogP contribution is -2.03. The number of benzene rings is 2. The second kappa shape index (κ2) is 10.6. The summed E-state index contributed by atoms with van der Waals surface area (Å²) in [5.74, 6) is -0.525. The van der Waals surface area contributed by atoms with Gasteiger partial charge in [0, 0.05) is 0 Å². The highest BCUT2D eigenvalue weighted by molar-refractivity contribution is 9.13. The van der Waals surface area contributed by atoms with Crippen LogP contribution in [0.1, 0.15) is 11.1 Å². The van der Waals surface area contributed by atoms with E-state index in [4.69, 9.17) is 11.6 Å². The first kappa shape index (κ1) is 23.0. The minimum Gasteiger partial charge on any atom is -0.207 e. The van der Waals surface area contributed by atoms with Gasteiger partial charge in [0.25, 0.3) is 0 Å². The van der Waals surface area contributed by atoms with E-state index in [1.54, 1.807) is 18.2 Å². The summed E-state index contributed by atoms with van der Waals surface area (Å²) in [6.07, 6.45) is 0. The monoisotopic (exact) mass is 622 g/mol. The maximum atomic E-state index is 12.9. The van der Waals surface area contributed by atoms with Crippen molar-refractivity contribution in [3.05, 3.63) is 90.3 Å². The van der Waals surface area contributed by atoms with Crippen LogP contribution >= 0.6 is 59.4 Å². The Balaban J connectivity index is 0.000000171. The molecule has 0 amide bonds. The van der Waals surface area contributed by atoms with Crippen LogP contribution in [0.2, 0.25) is 5.15 Å². The predicted octanol–water partition coefficient (Wildman–Crippen LogP) is 5.87. The van der Waals surface area contributed by atoms with E-state index in [1.165, 1.54) is 33.9 Å². The van der Waals surface area contributed by atoms with Gasteiger partial charge in [-0.25, -0.2) is 8.78 Å². The molecule has 12 heteroatoms. The SMILES string of the molecule is Fc1cccc(Cn2nc(Br)c(Br)n2)c1.Fc1cccc(Cn2nc(Cl)c(Br)n2)c1. The van der Waals surface area contributed by atoms with Crippen LogP contribution in [-0.4, -0.2) is 30.0 Å². The molecule has 0 atom stereocenters. The van der Waals surface area contributed by atoms with E-state index in [2.05, 4.69) is 68.2 Å². The fourth-order valence-corrected chi connectivity index (χ4v) is 3.27. The minimum atomic E-state index is -0.273. The van der Waals surface area contributed by atoms with Crippen molar-refractivity contribution < 1.29 is 8.78 Å². The number of aromatic nitrogens is 6. The summed E-state index contributed by atoms with van der Waals surface area (Å²) in [6.45, 7) is 0.838. The first-order valence-electron chi connectivity index (χ1n) is 8.31. The lowest BCUT2D eigenvalue weighted by molar-refractivity contribution is 0.578. The maximum absolute atomic E-state index is 12.9. The zero-order valence-electron chi connectivity index (χ0n) is 15.0. The van der Waals surface area contributed by atoms with Gasteiger partial charge in [-0.2, -0.15) is 9.59 Å². The smallest absolute Gasteiger partial charge is 0.185 e. The molecule has 4 aromatic rings. The van der Waals surface area contributed by atoms with Crippen LogP contribution < -0.4 is 0 Å². The zero-order chi connectivity index (χ0) is 21.7. The molecule has 0 aliphatic heterocycles. The molecule has 6 nitrogen and oxygen atoms in total. The topological polar surface area (TPSA) is 61.4 Å². The van der Waals surface area contributed by atoms with Crippen molar-refractivity contribution >= 4 is 59.4 Å². The Kier molecular flexibility index (Phi) is 8.09. The molecule has 30 heavy (non-hydrogen) atoms. The second-order valence-corrected chi connectivity index (χ2v) is 8.50. The molecule has 0 saturated carbocycles. The Bertz CT molecular complexity index is 1020. The molecule has 2 heterocycles. The van der Waals surface area contributed by atoms with Gasteiger partial charge in [0.15, 0.2) is 19.0 Å². The van der Waals surface area contributed by atoms with E-state index in [-0.39, 0.29) is 11.6 Å². The van der Waals surface area contributed by atoms with E-state index in [9.17, 15) is 8.78 Å². The highest BCUT2D eigenvalue weighted by Crippen LogP contribution is 2.18. The van der Waals surface area contributed by atoms with Gasteiger partial charge < -0.3 is 0 Å². The Labute approximate surface area is 200 Å². The summed E-state index contributed by atoms with van der Waals surface area (Å²) >= 11 is 15.3. The summed E-state index contributed by atoms with van der Waals surface area (Å²) in [4.78, 5) is 2.89. The Morgan fingerprint density at radius 3 is 1.53 bits per heavy atom. The van der Waals surface area contributed by atoms with Crippen LogP contribution in [0.3, 0.4) is 0 Å². The highest BCUT2D eigenvalue weighted by atomic mass is 79.9. The standard InChI is InChI=1S/C9H6Br2FN3.C9H6BrClFN3/c2*10-8-9(11)14-15(13-8)5-6-2-1-3-7(12)4-6/h2*1-4H,5H2. The van der Waals surface area contributed by atoms with Gasteiger partial charge in [-0.15, -0.1) is 20.4 Å². The Morgan fingerprint density at radius 1 is 0.700 bits per heavy atom. The Hall–Kier alpha value is -1.69. The number of hydrogen-bond donors (Lipinski definition) is 0. The molecular weight excluding hydrogens is 613 g/mol. The van der Waals surface area contributed by atoms with Gasteiger partial charge in [0.2, 0.25) is 0 Å². The van der Waals surface area contributed by atoms with Crippen molar-refractivity contribution in [3.63, 3.8) is 0 Å². The summed E-state index contributed by atoms with van der Waals surface area (Å²) < 4.78 is 27.5. The lowest BCUT2D eigenvalue weighted by Gasteiger charge is -1.99. The fourth-order valence-electron chi connectivity index (χ4n) is 2.35. The van der Waals surface area contributed by atoms with Crippen molar-refractivity contribution in [2.24, 2.45) is 0 Å². The zero-order valence-corrected chi connectivity index (χ0v) is 20.5. The quantitative estimate of drug-likeness (QED) is 0.285. The first-order valence-corrected chi connectivity index (χ1v) is 11.1. The summed E-state index contributed by atoms with van der Waals surface area (Å²) in [7, 11) is 0. The third-order valence-electron chi connectivity index (χ3n) is 3.58. The molecule has 0 radical (unpaired) electrons. The lowest BCUT2D eigenvalue weighted by atomic mass is 10.2. The molecule has 0 spiro atoms. The molecule has 0 fully saturated rings. The van der Waals surface area contributed by atoms with Crippen molar-refractivity contribution in [2.45, 2.75) is 13.1 Å². The van der Waals surface area contributed by atoms with Crippen molar-refractivity contribution in [2.75, 3.05) is 0 Å². The second-order valence-electron chi connectivity index (χ2n) is 5.88. The number of nitrogens with zero attached hydrogens (tertiary/aromatic N) is 6. The molecule has 2 aromatic heterocycles. The number of hydrogen-bond acceptors (Lipinski definition) is 4. The molecule has 0 bridgehead atoms. The molecule has 0 saturated heterocycles. The van der Waals surface area contributed by atoms with E-state index >= 15 is 0 Å². The van der Waals surface area contributed by atoms with Crippen LogP contribution in [0.15, 0.2) is 62.3 Å². The van der Waals surface area contributed by atoms with Gasteiger partial charge in [-0.1, -0.05) is 35.9 Å². The Morgan fingerprint density at radius 2 is 1.13 bits per heavy atom. The third-order valence-corrected chi connectivity index (χ3v) is 6.20. The van der Waals surface area contributed by atoms with E-state index in [0.29, 0.717) is 32.1 Å². The average Bonchev–Trinajstić information content (AvgIpc) is 3.15. The van der Waals surface area contributed by atoms with Crippen LogP contribution in [0.25, 0.3) is 0 Å². The molecule has 0 unspecified atom stereocenters. The molecule has 2 aromatic carbocycles. The number of rotatable bonds is 4. The van der Waals surface area contributed by atoms with Crippen LogP contribution in [0.5, 0.6) is 0 Å². The van der Waals surface area contributed by atoms with E-state index in [1.807, 2.05) is 6.07 Å². The van der Waals surface area contributed by atoms with E-state index in [0.717, 1.165) is 11.1 Å². The predicted molar refractivity (Wildman–Crippen MR) is 119 cm³/mol. The molecule has 0 N–H and O–H groups in total. The van der Waals surface area contributed by atoms with E-state index < -0.39 is 0 Å². The van der Waals surface area contributed by atoms with Crippen molar-refractivity contribution in [1.29, 1.82) is 0 Å². The molecule has 0 aliphatic rings. The molecular formula is C18H12Br3ClF2N6. The first-order chi connectivity index (χ1) is 14.3. The van der Waals surface area contributed by atoms with Gasteiger partial charge in [-0.3, -0.25) is 0 Å². The third kappa shape index (κ3) is 6.66. The van der Waals surface area contributed by atoms with Crippen molar-refractivity contribution in [1.82, 2.24) is 30.0 Å². The largest absolute Gasteiger partial charge is 0.207 e. The number of halogens is 6. The van der Waals surface area contributed by atoms with Gasteiger partial charge in [0.1, 0.15) is 11.6 Å². The van der Waals surface area contributed by atoms with Gasteiger partial charge in [-0.05, 0) is 83.2 Å². The van der Waals surface area contributed by atoms with Crippen molar-refractivity contribution in [3.8, 4) is 0 Å². The average molecular weight is 625 g/mol. The summed E-state index contributed by atoms with van der Waals surface area (Å²) in [6, 6.07) is 12.6. The van der Waals surface area contributed by atoms with Crippen LogP contribution in [0, 0.1) is 11.6 Å². The normalized spacial score (nSPS) is 10.6. The van der Waals surface area contributed by atoms with Crippen LogP contribution in [-0.2, 0) is 13.1 Å². The van der Waals surface area contributed by atoms with Gasteiger partial charge in [0.05, 0.1) is 13.1 Å². The molecule has 156 valence electrons. The summed E-state index contributed by atoms with van der Waals surface area (Å²) in [5, 5.41) is 16.4. The minimum absolute atomic E-state index is 0.252. The molecule has 4 rings (SSSR count). The highest BCUT2D eigenvalue weighted by Gasteiger charge is 2.06. The maximum Gasteiger partial charge on any atom is 0.185 e.